The van der Waals surface area contributed by atoms with Crippen molar-refractivity contribution in [3.05, 3.63) is 0 Å². The van der Waals surface area contributed by atoms with Gasteiger partial charge in [0, 0.05) is 5.97 Å². The van der Waals surface area contributed by atoms with E-state index >= 15 is 0 Å². The van der Waals surface area contributed by atoms with Crippen LogP contribution in [0.1, 0.15) is 71.6 Å². The number of hydrogen-bond acceptors (Lipinski definition) is 2. The quantitative estimate of drug-likeness (QED) is 0.603. The highest BCUT2D eigenvalue weighted by atomic mass is 16.4. The Kier molecular flexibility index (Phi) is 18.0. The molecule has 0 spiro atoms. The van der Waals surface area contributed by atoms with Crippen molar-refractivity contribution in [3.63, 3.8) is 0 Å². The molecule has 3 heteroatoms. The van der Waals surface area contributed by atoms with E-state index in [0.29, 0.717) is 0 Å². The summed E-state index contributed by atoms with van der Waals surface area (Å²) in [6.07, 6.45) is 10.4. The number of unbranched alkanes of at least 4 members (excludes halogenated alkanes) is 6. The summed E-state index contributed by atoms with van der Waals surface area (Å²) in [7, 11) is 4.46. The number of nitrogens with one attached hydrogen (secondary N) is 1. The van der Waals surface area contributed by atoms with E-state index in [-0.39, 0.29) is 6.42 Å². The van der Waals surface area contributed by atoms with Crippen LogP contribution in [0.15, 0.2) is 0 Å². The Morgan fingerprint density at radius 3 is 1.78 bits per heavy atom. The highest BCUT2D eigenvalue weighted by Crippen LogP contribution is 2.03. The third-order valence-electron chi connectivity index (χ3n) is 2.76. The van der Waals surface area contributed by atoms with Crippen molar-refractivity contribution in [2.75, 3.05) is 20.6 Å². The minimum Gasteiger partial charge on any atom is -0.550 e. The van der Waals surface area contributed by atoms with Crippen molar-refractivity contribution in [3.8, 4) is 0 Å². The summed E-state index contributed by atoms with van der Waals surface area (Å²) in [5.74, 6) is -0.943. The van der Waals surface area contributed by atoms with Gasteiger partial charge in [-0.1, -0.05) is 46.0 Å². The molecule has 1 N–H and O–H groups in total. The maximum Gasteiger partial charge on any atom is 0.0766 e. The lowest BCUT2D eigenvalue weighted by Gasteiger charge is -2.05. The van der Waals surface area contributed by atoms with Crippen LogP contribution in [0.25, 0.3) is 0 Å². The summed E-state index contributed by atoms with van der Waals surface area (Å²) in [6, 6.07) is 0. The smallest absolute Gasteiger partial charge is 0.0766 e. The van der Waals surface area contributed by atoms with E-state index in [4.69, 9.17) is 0 Å². The molecular formula is C15H33NO2. The summed E-state index contributed by atoms with van der Waals surface area (Å²) < 4.78 is 0. The van der Waals surface area contributed by atoms with Crippen LogP contribution in [0.3, 0.4) is 0 Å². The van der Waals surface area contributed by atoms with Gasteiger partial charge in [0.05, 0.1) is 20.6 Å². The Balaban J connectivity index is 0. The Hall–Kier alpha value is -0.570. The molecule has 0 rings (SSSR count). The molecule has 0 saturated carbocycles. The molecule has 110 valence electrons. The van der Waals surface area contributed by atoms with Crippen molar-refractivity contribution in [1.82, 2.24) is 0 Å². The van der Waals surface area contributed by atoms with Crippen LogP contribution < -0.4 is 10.0 Å². The first-order chi connectivity index (χ1) is 8.54. The van der Waals surface area contributed by atoms with E-state index in [0.717, 1.165) is 12.8 Å². The van der Waals surface area contributed by atoms with Gasteiger partial charge in [-0.2, -0.15) is 0 Å². The minimum atomic E-state index is -0.943. The molecule has 0 amide bonds. The van der Waals surface area contributed by atoms with Crippen molar-refractivity contribution in [2.24, 2.45) is 0 Å². The van der Waals surface area contributed by atoms with Gasteiger partial charge in [0.2, 0.25) is 0 Å². The number of rotatable bonds is 10. The van der Waals surface area contributed by atoms with Crippen LogP contribution in [-0.2, 0) is 4.79 Å². The molecule has 0 aliphatic heterocycles. The first-order valence-corrected chi connectivity index (χ1v) is 7.53. The SMILES string of the molecule is CCCCC(=O)[O-].CCCCCCCC[NH+](C)C. The summed E-state index contributed by atoms with van der Waals surface area (Å²) in [6.45, 7) is 5.55. The molecule has 3 nitrogen and oxygen atoms in total. The highest BCUT2D eigenvalue weighted by Gasteiger charge is 1.93. The minimum absolute atomic E-state index is 0.205. The van der Waals surface area contributed by atoms with E-state index in [2.05, 4.69) is 21.0 Å². The molecule has 0 bridgehead atoms. The van der Waals surface area contributed by atoms with Gasteiger partial charge in [0.15, 0.2) is 0 Å². The molecule has 0 saturated heterocycles. The number of hydrogen-bond donors (Lipinski definition) is 1. The predicted octanol–water partition coefficient (Wildman–Crippen LogP) is 1.42. The zero-order chi connectivity index (χ0) is 14.2. The molecule has 0 fully saturated rings. The average molecular weight is 259 g/mol. The van der Waals surface area contributed by atoms with Crippen LogP contribution in [-0.4, -0.2) is 26.6 Å². The fourth-order valence-electron chi connectivity index (χ4n) is 1.58. The molecule has 0 radical (unpaired) electrons. The summed E-state index contributed by atoms with van der Waals surface area (Å²) in [5, 5.41) is 9.65. The van der Waals surface area contributed by atoms with Crippen LogP contribution in [0.2, 0.25) is 0 Å². The summed E-state index contributed by atoms with van der Waals surface area (Å²) in [4.78, 5) is 11.2. The number of carboxylic acid groups (broad SMARTS) is 1. The average Bonchev–Trinajstić information content (AvgIpc) is 2.31. The Morgan fingerprint density at radius 2 is 1.39 bits per heavy atom. The van der Waals surface area contributed by atoms with Crippen LogP contribution in [0, 0.1) is 0 Å². The lowest BCUT2D eigenvalue weighted by atomic mass is 10.1. The molecule has 18 heavy (non-hydrogen) atoms. The second-order valence-electron chi connectivity index (χ2n) is 5.20. The van der Waals surface area contributed by atoms with Crippen LogP contribution in [0.4, 0.5) is 0 Å². The third kappa shape index (κ3) is 24.6. The Labute approximate surface area is 114 Å². The number of carbonyl (C=O) groups excluding carboxylic acids is 1. The van der Waals surface area contributed by atoms with E-state index in [1.54, 1.807) is 4.90 Å². The fourth-order valence-corrected chi connectivity index (χ4v) is 1.58. The van der Waals surface area contributed by atoms with Gasteiger partial charge < -0.3 is 14.8 Å². The number of carboxylic acids is 1. The Bertz CT molecular complexity index is 170. The van der Waals surface area contributed by atoms with Crippen molar-refractivity contribution < 1.29 is 14.8 Å². The van der Waals surface area contributed by atoms with Gasteiger partial charge in [-0.3, -0.25) is 0 Å². The molecular weight excluding hydrogens is 226 g/mol. The van der Waals surface area contributed by atoms with E-state index in [1.165, 1.54) is 45.1 Å². The van der Waals surface area contributed by atoms with E-state index in [1.807, 2.05) is 6.92 Å². The molecule has 0 unspecified atom stereocenters. The molecule has 0 atom stereocenters. The van der Waals surface area contributed by atoms with E-state index in [9.17, 15) is 9.90 Å². The van der Waals surface area contributed by atoms with Gasteiger partial charge >= 0.3 is 0 Å². The normalized spacial score (nSPS) is 10.1. The second-order valence-corrected chi connectivity index (χ2v) is 5.20. The zero-order valence-corrected chi connectivity index (χ0v) is 12.9. The van der Waals surface area contributed by atoms with Crippen LogP contribution in [0.5, 0.6) is 0 Å². The number of aliphatic carboxylic acids is 1. The van der Waals surface area contributed by atoms with E-state index < -0.39 is 5.97 Å². The maximum atomic E-state index is 9.65. The lowest BCUT2D eigenvalue weighted by molar-refractivity contribution is -0.858. The van der Waals surface area contributed by atoms with Crippen molar-refractivity contribution >= 4 is 5.97 Å². The zero-order valence-electron chi connectivity index (χ0n) is 12.9. The Morgan fingerprint density at radius 1 is 0.889 bits per heavy atom. The predicted molar refractivity (Wildman–Crippen MR) is 75.6 cm³/mol. The summed E-state index contributed by atoms with van der Waals surface area (Å²) >= 11 is 0. The number of quaternary nitrogens is 1. The second kappa shape index (κ2) is 16.4. The summed E-state index contributed by atoms with van der Waals surface area (Å²) in [5.41, 5.74) is 0. The molecule has 0 aromatic rings. The monoisotopic (exact) mass is 259 g/mol. The fraction of sp³-hybridized carbons (Fsp3) is 0.933. The standard InChI is InChI=1S/C10H23N.C5H10O2/c1-4-5-6-7-8-9-10-11(2)3;1-2-3-4-5(6)7/h4-10H2,1-3H3;2-4H2,1H3,(H,6,7). The largest absolute Gasteiger partial charge is 0.550 e. The van der Waals surface area contributed by atoms with Gasteiger partial charge in [-0.05, 0) is 25.7 Å². The van der Waals surface area contributed by atoms with Crippen molar-refractivity contribution in [2.45, 2.75) is 71.6 Å². The topological polar surface area (TPSA) is 44.6 Å². The lowest BCUT2D eigenvalue weighted by Crippen LogP contribution is -3.05. The van der Waals surface area contributed by atoms with Crippen molar-refractivity contribution in [1.29, 1.82) is 0 Å². The van der Waals surface area contributed by atoms with Gasteiger partial charge in [0.25, 0.3) is 0 Å². The molecule has 0 aromatic heterocycles. The molecule has 0 aliphatic carbocycles. The van der Waals surface area contributed by atoms with Crippen LogP contribution >= 0.6 is 0 Å². The highest BCUT2D eigenvalue weighted by molar-refractivity contribution is 5.63. The molecule has 0 aliphatic rings. The first-order valence-electron chi connectivity index (χ1n) is 7.53. The van der Waals surface area contributed by atoms with Gasteiger partial charge in [-0.15, -0.1) is 0 Å². The van der Waals surface area contributed by atoms with Gasteiger partial charge in [0.1, 0.15) is 0 Å². The van der Waals surface area contributed by atoms with Gasteiger partial charge in [-0.25, -0.2) is 0 Å². The maximum absolute atomic E-state index is 9.65. The molecule has 0 aromatic carbocycles. The first kappa shape index (κ1) is 19.8. The molecule has 0 heterocycles. The third-order valence-corrected chi connectivity index (χ3v) is 2.76. The number of carbonyl (C=O) groups is 1.